The molecule has 1 aromatic heterocycles. The van der Waals surface area contributed by atoms with Crippen molar-refractivity contribution in [2.75, 3.05) is 7.05 Å². The van der Waals surface area contributed by atoms with Gasteiger partial charge in [0.05, 0.1) is 10.2 Å². The van der Waals surface area contributed by atoms with Crippen LogP contribution in [-0.2, 0) is 13.6 Å². The Labute approximate surface area is 112 Å². The summed E-state index contributed by atoms with van der Waals surface area (Å²) in [4.78, 5) is 0. The third-order valence-electron chi connectivity index (χ3n) is 2.63. The van der Waals surface area contributed by atoms with Crippen LogP contribution in [0.2, 0.25) is 0 Å². The lowest BCUT2D eigenvalue weighted by molar-refractivity contribution is 0.602. The summed E-state index contributed by atoms with van der Waals surface area (Å²) in [6.45, 7) is 0.584. The fraction of sp³-hybridized carbons (Fsp3) is 0.250. The second-order valence-electron chi connectivity index (χ2n) is 3.89. The molecule has 0 saturated heterocycles. The summed E-state index contributed by atoms with van der Waals surface area (Å²) < 4.78 is 29.2. The van der Waals surface area contributed by atoms with Crippen molar-refractivity contribution in [2.24, 2.45) is 7.05 Å². The van der Waals surface area contributed by atoms with Gasteiger partial charge in [-0.1, -0.05) is 0 Å². The van der Waals surface area contributed by atoms with Crippen LogP contribution < -0.4 is 5.32 Å². The third kappa shape index (κ3) is 2.30. The highest BCUT2D eigenvalue weighted by molar-refractivity contribution is 9.10. The van der Waals surface area contributed by atoms with Gasteiger partial charge in [-0.15, -0.1) is 0 Å². The average molecular weight is 316 g/mol. The normalized spacial score (nSPS) is 10.9. The first kappa shape index (κ1) is 13.2. The molecule has 0 radical (unpaired) electrons. The van der Waals surface area contributed by atoms with E-state index in [4.69, 9.17) is 0 Å². The largest absolute Gasteiger partial charge is 0.314 e. The molecule has 18 heavy (non-hydrogen) atoms. The van der Waals surface area contributed by atoms with Gasteiger partial charge in [0.2, 0.25) is 0 Å². The third-order valence-corrected chi connectivity index (χ3v) is 3.46. The van der Waals surface area contributed by atoms with E-state index in [2.05, 4.69) is 26.3 Å². The zero-order valence-corrected chi connectivity index (χ0v) is 11.6. The molecule has 3 nitrogen and oxygen atoms in total. The van der Waals surface area contributed by atoms with E-state index < -0.39 is 11.6 Å². The van der Waals surface area contributed by atoms with Crippen LogP contribution in [0.15, 0.2) is 22.7 Å². The summed E-state index contributed by atoms with van der Waals surface area (Å²) in [5, 5.41) is 7.22. The number of hydrogen-bond donors (Lipinski definition) is 1. The quantitative estimate of drug-likeness (QED) is 0.944. The lowest BCUT2D eigenvalue weighted by Gasteiger charge is -2.01. The molecular formula is C12H12BrF2N3. The minimum absolute atomic E-state index is 0.153. The standard InChI is InChI=1S/C12H12BrF2N3/c1-16-6-10-11(13)12(17-18(10)2)8-5-7(14)3-4-9(8)15/h3-5,16H,6H2,1-2H3. The Hall–Kier alpha value is -1.27. The van der Waals surface area contributed by atoms with Crippen LogP contribution in [0, 0.1) is 11.6 Å². The second-order valence-corrected chi connectivity index (χ2v) is 4.68. The lowest BCUT2D eigenvalue weighted by Crippen LogP contribution is -2.10. The van der Waals surface area contributed by atoms with Crippen LogP contribution in [0.4, 0.5) is 8.78 Å². The smallest absolute Gasteiger partial charge is 0.132 e. The molecular weight excluding hydrogens is 304 g/mol. The summed E-state index contributed by atoms with van der Waals surface area (Å²) in [5.41, 5.74) is 1.43. The molecule has 96 valence electrons. The second kappa shape index (κ2) is 5.16. The van der Waals surface area contributed by atoms with Crippen molar-refractivity contribution in [1.29, 1.82) is 0 Å². The molecule has 0 atom stereocenters. The highest BCUT2D eigenvalue weighted by Crippen LogP contribution is 2.32. The molecule has 2 rings (SSSR count). The van der Waals surface area contributed by atoms with E-state index in [1.54, 1.807) is 11.7 Å². The first-order chi connectivity index (χ1) is 8.54. The van der Waals surface area contributed by atoms with E-state index >= 15 is 0 Å². The predicted molar refractivity (Wildman–Crippen MR) is 69.0 cm³/mol. The van der Waals surface area contributed by atoms with Crippen LogP contribution >= 0.6 is 15.9 Å². The zero-order valence-electron chi connectivity index (χ0n) is 9.97. The average Bonchev–Trinajstić information content (AvgIpc) is 2.61. The number of benzene rings is 1. The van der Waals surface area contributed by atoms with Gasteiger partial charge in [0.1, 0.15) is 17.3 Å². The van der Waals surface area contributed by atoms with E-state index in [1.165, 1.54) is 0 Å². The minimum Gasteiger partial charge on any atom is -0.314 e. The van der Waals surface area contributed by atoms with Crippen molar-refractivity contribution < 1.29 is 8.78 Å². The number of hydrogen-bond acceptors (Lipinski definition) is 2. The Bertz CT molecular complexity index is 581. The monoisotopic (exact) mass is 315 g/mol. The van der Waals surface area contributed by atoms with Crippen LogP contribution in [0.25, 0.3) is 11.3 Å². The molecule has 1 heterocycles. The van der Waals surface area contributed by atoms with E-state index in [-0.39, 0.29) is 5.56 Å². The van der Waals surface area contributed by atoms with E-state index in [9.17, 15) is 8.78 Å². The Kier molecular flexibility index (Phi) is 3.77. The molecule has 0 aliphatic heterocycles. The van der Waals surface area contributed by atoms with Gasteiger partial charge in [-0.05, 0) is 41.2 Å². The van der Waals surface area contributed by atoms with Crippen molar-refractivity contribution in [2.45, 2.75) is 6.54 Å². The maximum atomic E-state index is 13.7. The van der Waals surface area contributed by atoms with Crippen molar-refractivity contribution in [1.82, 2.24) is 15.1 Å². The summed E-state index contributed by atoms with van der Waals surface area (Å²) in [6, 6.07) is 3.33. The number of halogens is 3. The topological polar surface area (TPSA) is 29.9 Å². The zero-order chi connectivity index (χ0) is 13.3. The molecule has 0 fully saturated rings. The molecule has 6 heteroatoms. The summed E-state index contributed by atoms with van der Waals surface area (Å²) >= 11 is 3.39. The Morgan fingerprint density at radius 1 is 1.39 bits per heavy atom. The summed E-state index contributed by atoms with van der Waals surface area (Å²) in [5.74, 6) is -0.981. The molecule has 2 aromatic rings. The van der Waals surface area contributed by atoms with Gasteiger partial charge >= 0.3 is 0 Å². The highest BCUT2D eigenvalue weighted by atomic mass is 79.9. The molecule has 1 aromatic carbocycles. The van der Waals surface area contributed by atoms with E-state index in [1.807, 2.05) is 7.05 Å². The number of nitrogens with zero attached hydrogens (tertiary/aromatic N) is 2. The molecule has 0 saturated carbocycles. The van der Waals surface area contributed by atoms with Crippen molar-refractivity contribution >= 4 is 15.9 Å². The van der Waals surface area contributed by atoms with Gasteiger partial charge in [-0.3, -0.25) is 4.68 Å². The first-order valence-electron chi connectivity index (χ1n) is 5.36. The number of aromatic nitrogens is 2. The SMILES string of the molecule is CNCc1c(Br)c(-c2cc(F)ccc2F)nn1C. The maximum absolute atomic E-state index is 13.7. The maximum Gasteiger partial charge on any atom is 0.132 e. The van der Waals surface area contributed by atoms with E-state index in [0.717, 1.165) is 23.9 Å². The number of nitrogens with one attached hydrogen (secondary N) is 1. The molecule has 0 unspecified atom stereocenters. The van der Waals surface area contributed by atoms with Gasteiger partial charge in [0, 0.05) is 19.2 Å². The van der Waals surface area contributed by atoms with Gasteiger partial charge in [-0.25, -0.2) is 8.78 Å². The molecule has 1 N–H and O–H groups in total. The van der Waals surface area contributed by atoms with Gasteiger partial charge in [0.25, 0.3) is 0 Å². The molecule has 0 spiro atoms. The highest BCUT2D eigenvalue weighted by Gasteiger charge is 2.18. The Morgan fingerprint density at radius 3 is 2.78 bits per heavy atom. The van der Waals surface area contributed by atoms with Crippen molar-refractivity contribution in [3.8, 4) is 11.3 Å². The van der Waals surface area contributed by atoms with Crippen LogP contribution in [0.1, 0.15) is 5.69 Å². The molecule has 0 bridgehead atoms. The van der Waals surface area contributed by atoms with E-state index in [0.29, 0.717) is 16.7 Å². The number of aryl methyl sites for hydroxylation is 1. The summed E-state index contributed by atoms with van der Waals surface area (Å²) in [7, 11) is 3.57. The molecule has 0 aliphatic carbocycles. The fourth-order valence-electron chi connectivity index (χ4n) is 1.74. The fourth-order valence-corrected chi connectivity index (χ4v) is 2.43. The first-order valence-corrected chi connectivity index (χ1v) is 6.15. The van der Waals surface area contributed by atoms with Crippen LogP contribution in [0.3, 0.4) is 0 Å². The Morgan fingerprint density at radius 2 is 2.11 bits per heavy atom. The lowest BCUT2D eigenvalue weighted by atomic mass is 10.1. The van der Waals surface area contributed by atoms with Crippen molar-refractivity contribution in [3.63, 3.8) is 0 Å². The molecule has 0 amide bonds. The molecule has 0 aliphatic rings. The van der Waals surface area contributed by atoms with Gasteiger partial charge in [0.15, 0.2) is 0 Å². The summed E-state index contributed by atoms with van der Waals surface area (Å²) in [6.07, 6.45) is 0. The Balaban J connectivity index is 2.57. The van der Waals surface area contributed by atoms with Crippen LogP contribution in [-0.4, -0.2) is 16.8 Å². The van der Waals surface area contributed by atoms with Crippen LogP contribution in [0.5, 0.6) is 0 Å². The van der Waals surface area contributed by atoms with Gasteiger partial charge < -0.3 is 5.32 Å². The predicted octanol–water partition coefficient (Wildman–Crippen LogP) is 2.85. The van der Waals surface area contributed by atoms with Gasteiger partial charge in [-0.2, -0.15) is 5.10 Å². The minimum atomic E-state index is -0.494. The van der Waals surface area contributed by atoms with Crippen molar-refractivity contribution in [3.05, 3.63) is 40.0 Å². The number of rotatable bonds is 3.